The summed E-state index contributed by atoms with van der Waals surface area (Å²) in [5.41, 5.74) is -1.15. The van der Waals surface area contributed by atoms with Crippen molar-refractivity contribution >= 4 is 12.1 Å². The summed E-state index contributed by atoms with van der Waals surface area (Å²) in [7, 11) is 1.15. The van der Waals surface area contributed by atoms with E-state index in [9.17, 15) is 18.4 Å². The van der Waals surface area contributed by atoms with Gasteiger partial charge in [0, 0.05) is 13.1 Å². The molecule has 1 aliphatic heterocycles. The highest BCUT2D eigenvalue weighted by molar-refractivity contribution is 5.87. The molecule has 1 fully saturated rings. The van der Waals surface area contributed by atoms with Crippen molar-refractivity contribution in [2.75, 3.05) is 26.8 Å². The lowest BCUT2D eigenvalue weighted by atomic mass is 9.98. The fourth-order valence-electron chi connectivity index (χ4n) is 2.78. The van der Waals surface area contributed by atoms with Crippen molar-refractivity contribution in [3.8, 4) is 5.75 Å². The average Bonchev–Trinajstić information content (AvgIpc) is 2.64. The van der Waals surface area contributed by atoms with Gasteiger partial charge in [-0.1, -0.05) is 0 Å². The summed E-state index contributed by atoms with van der Waals surface area (Å²) in [6.07, 6.45) is -0.692. The molecule has 28 heavy (non-hydrogen) atoms. The smallest absolute Gasteiger partial charge is 0.410 e. The summed E-state index contributed by atoms with van der Waals surface area (Å²) in [4.78, 5) is 29.0. The summed E-state index contributed by atoms with van der Waals surface area (Å²) in [6, 6.07) is 0.983. The number of halogens is 2. The number of alkyl halides is 2. The van der Waals surface area contributed by atoms with E-state index in [2.05, 4.69) is 9.72 Å². The third kappa shape index (κ3) is 6.03. The van der Waals surface area contributed by atoms with Crippen LogP contribution in [0.4, 0.5) is 13.6 Å². The molecule has 1 aromatic rings. The van der Waals surface area contributed by atoms with Gasteiger partial charge >= 0.3 is 12.1 Å². The Morgan fingerprint density at radius 2 is 1.93 bits per heavy atom. The zero-order valence-electron chi connectivity index (χ0n) is 16.5. The van der Waals surface area contributed by atoms with Crippen molar-refractivity contribution in [2.45, 2.75) is 45.6 Å². The highest BCUT2D eigenvalue weighted by Gasteiger charge is 2.27. The van der Waals surface area contributed by atoms with Crippen LogP contribution in [0.1, 0.15) is 56.1 Å². The SMILES string of the molecule is COC(=O)c1cc(C(F)F)c(OCC2CCN(C(=O)OC(C)(C)C)CC2)cn1. The lowest BCUT2D eigenvalue weighted by molar-refractivity contribution is 0.0163. The number of hydrogen-bond acceptors (Lipinski definition) is 6. The molecule has 0 spiro atoms. The second-order valence-corrected chi connectivity index (χ2v) is 7.62. The predicted octanol–water partition coefficient (Wildman–Crippen LogP) is 3.83. The Kier molecular flexibility index (Phi) is 7.15. The van der Waals surface area contributed by atoms with Gasteiger partial charge in [-0.25, -0.2) is 23.4 Å². The maximum atomic E-state index is 13.3. The van der Waals surface area contributed by atoms with Crippen molar-refractivity contribution in [1.82, 2.24) is 9.88 Å². The zero-order chi connectivity index (χ0) is 20.9. The molecule has 1 amide bonds. The van der Waals surface area contributed by atoms with Gasteiger partial charge in [0.15, 0.2) is 0 Å². The van der Waals surface area contributed by atoms with Gasteiger partial charge in [0.25, 0.3) is 6.43 Å². The molecule has 0 N–H and O–H groups in total. The number of aromatic nitrogens is 1. The molecule has 0 atom stereocenters. The normalized spacial score (nSPS) is 15.5. The van der Waals surface area contributed by atoms with E-state index in [1.54, 1.807) is 4.90 Å². The van der Waals surface area contributed by atoms with E-state index in [1.807, 2.05) is 20.8 Å². The highest BCUT2D eigenvalue weighted by Crippen LogP contribution is 2.30. The first-order valence-corrected chi connectivity index (χ1v) is 9.08. The molecule has 1 aromatic heterocycles. The van der Waals surface area contributed by atoms with E-state index in [4.69, 9.17) is 9.47 Å². The molecule has 7 nitrogen and oxygen atoms in total. The Balaban J connectivity index is 1.91. The molecule has 0 unspecified atom stereocenters. The van der Waals surface area contributed by atoms with Crippen molar-refractivity contribution in [2.24, 2.45) is 5.92 Å². The molecular weight excluding hydrogens is 374 g/mol. The fourth-order valence-corrected chi connectivity index (χ4v) is 2.78. The van der Waals surface area contributed by atoms with Gasteiger partial charge in [-0.15, -0.1) is 0 Å². The Bertz CT molecular complexity index is 698. The first-order valence-electron chi connectivity index (χ1n) is 9.08. The lowest BCUT2D eigenvalue weighted by Crippen LogP contribution is -2.42. The molecule has 1 saturated heterocycles. The predicted molar refractivity (Wildman–Crippen MR) is 96.6 cm³/mol. The van der Waals surface area contributed by atoms with Crippen LogP contribution in [0.25, 0.3) is 0 Å². The number of nitrogens with zero attached hydrogens (tertiary/aromatic N) is 2. The Labute approximate surface area is 163 Å². The number of carbonyl (C=O) groups is 2. The fraction of sp³-hybridized carbons (Fsp3) is 0.632. The molecule has 0 saturated carbocycles. The molecule has 156 valence electrons. The Hall–Kier alpha value is -2.45. The molecular formula is C19H26F2N2O5. The standard InChI is InChI=1S/C19H26F2N2O5/c1-19(2,3)28-18(25)23-7-5-12(6-8-23)11-27-15-10-22-14(17(24)26-4)9-13(15)16(20)21/h9-10,12,16H,5-8,11H2,1-4H3. The number of carbonyl (C=O) groups excluding carboxylic acids is 2. The zero-order valence-corrected chi connectivity index (χ0v) is 16.5. The third-order valence-electron chi connectivity index (χ3n) is 4.27. The van der Waals surface area contributed by atoms with Crippen molar-refractivity contribution in [1.29, 1.82) is 0 Å². The Morgan fingerprint density at radius 3 is 2.46 bits per heavy atom. The Morgan fingerprint density at radius 1 is 1.29 bits per heavy atom. The number of ether oxygens (including phenoxy) is 3. The van der Waals surface area contributed by atoms with Gasteiger partial charge in [0.05, 0.1) is 25.5 Å². The van der Waals surface area contributed by atoms with Gasteiger partial charge in [0.2, 0.25) is 0 Å². The number of hydrogen-bond donors (Lipinski definition) is 0. The van der Waals surface area contributed by atoms with Crippen LogP contribution < -0.4 is 4.74 Å². The number of rotatable bonds is 5. The highest BCUT2D eigenvalue weighted by atomic mass is 19.3. The van der Waals surface area contributed by atoms with E-state index >= 15 is 0 Å². The summed E-state index contributed by atoms with van der Waals surface area (Å²) in [5, 5.41) is 0. The van der Waals surface area contributed by atoms with Crippen LogP contribution in [0.15, 0.2) is 12.3 Å². The van der Waals surface area contributed by atoms with E-state index in [1.165, 1.54) is 0 Å². The van der Waals surface area contributed by atoms with Crippen molar-refractivity contribution in [3.05, 3.63) is 23.5 Å². The first-order chi connectivity index (χ1) is 13.1. The van der Waals surface area contributed by atoms with Gasteiger partial charge in [0.1, 0.15) is 17.0 Å². The van der Waals surface area contributed by atoms with Crippen LogP contribution in [-0.2, 0) is 9.47 Å². The van der Waals surface area contributed by atoms with Gasteiger partial charge in [-0.2, -0.15) is 0 Å². The van der Waals surface area contributed by atoms with Crippen LogP contribution in [0.2, 0.25) is 0 Å². The molecule has 9 heteroatoms. The maximum absolute atomic E-state index is 13.3. The van der Waals surface area contributed by atoms with Crippen molar-refractivity contribution < 1.29 is 32.6 Å². The molecule has 2 heterocycles. The van der Waals surface area contributed by atoms with E-state index in [0.717, 1.165) is 19.4 Å². The molecule has 2 rings (SSSR count). The molecule has 0 aliphatic carbocycles. The summed E-state index contributed by atoms with van der Waals surface area (Å²) >= 11 is 0. The average molecular weight is 400 g/mol. The number of pyridine rings is 1. The maximum Gasteiger partial charge on any atom is 0.410 e. The number of amides is 1. The van der Waals surface area contributed by atoms with Crippen molar-refractivity contribution in [3.63, 3.8) is 0 Å². The van der Waals surface area contributed by atoms with Gasteiger partial charge in [-0.3, -0.25) is 0 Å². The largest absolute Gasteiger partial charge is 0.491 e. The molecule has 1 aliphatic rings. The quantitative estimate of drug-likeness (QED) is 0.699. The summed E-state index contributed by atoms with van der Waals surface area (Å²) in [6.45, 7) is 6.69. The number of esters is 1. The van der Waals surface area contributed by atoms with Crippen LogP contribution in [0, 0.1) is 5.92 Å². The number of likely N-dealkylation sites (tertiary alicyclic amines) is 1. The van der Waals surface area contributed by atoms with Crippen LogP contribution >= 0.6 is 0 Å². The molecule has 0 aromatic carbocycles. The van der Waals surface area contributed by atoms with E-state index in [0.29, 0.717) is 25.9 Å². The third-order valence-corrected chi connectivity index (χ3v) is 4.27. The van der Waals surface area contributed by atoms with E-state index < -0.39 is 23.6 Å². The minimum absolute atomic E-state index is 0.0581. The van der Waals surface area contributed by atoms with Crippen LogP contribution in [-0.4, -0.2) is 54.4 Å². The van der Waals surface area contributed by atoms with Gasteiger partial charge in [-0.05, 0) is 45.6 Å². The van der Waals surface area contributed by atoms with E-state index in [-0.39, 0.29) is 30.1 Å². The van der Waals surface area contributed by atoms with Crippen LogP contribution in [0.3, 0.4) is 0 Å². The molecule has 0 bridgehead atoms. The first kappa shape index (κ1) is 21.8. The minimum atomic E-state index is -2.81. The topological polar surface area (TPSA) is 78.0 Å². The van der Waals surface area contributed by atoms with Gasteiger partial charge < -0.3 is 19.1 Å². The second-order valence-electron chi connectivity index (χ2n) is 7.62. The lowest BCUT2D eigenvalue weighted by Gasteiger charge is -2.33. The summed E-state index contributed by atoms with van der Waals surface area (Å²) in [5.74, 6) is -0.732. The second kappa shape index (κ2) is 9.16. The van der Waals surface area contributed by atoms with Crippen LogP contribution in [0.5, 0.6) is 5.75 Å². The number of piperidine rings is 1. The minimum Gasteiger partial charge on any atom is -0.491 e. The summed E-state index contributed by atoms with van der Waals surface area (Å²) < 4.78 is 42.0. The number of methoxy groups -OCH3 is 1. The monoisotopic (exact) mass is 400 g/mol. The molecule has 0 radical (unpaired) electrons.